The Morgan fingerprint density at radius 1 is 1.30 bits per heavy atom. The van der Waals surface area contributed by atoms with Crippen LogP contribution in [0.4, 0.5) is 0 Å². The molecule has 20 heavy (non-hydrogen) atoms. The number of benzene rings is 1. The zero-order chi connectivity index (χ0) is 14.5. The van der Waals surface area contributed by atoms with Gasteiger partial charge in [0, 0.05) is 38.3 Å². The van der Waals surface area contributed by atoms with E-state index < -0.39 is 6.10 Å². The lowest BCUT2D eigenvalue weighted by molar-refractivity contribution is 0.0467. The Labute approximate surface area is 122 Å². The molecule has 1 fully saturated rings. The summed E-state index contributed by atoms with van der Waals surface area (Å²) in [5.74, 6) is 0. The highest BCUT2D eigenvalue weighted by atomic mass is 16.3. The maximum atomic E-state index is 10.3. The van der Waals surface area contributed by atoms with Crippen molar-refractivity contribution in [3.8, 4) is 0 Å². The summed E-state index contributed by atoms with van der Waals surface area (Å²) in [4.78, 5) is 4.67. The molecule has 1 heterocycles. The fourth-order valence-corrected chi connectivity index (χ4v) is 2.71. The molecule has 3 unspecified atom stereocenters. The van der Waals surface area contributed by atoms with Crippen LogP contribution in [0.3, 0.4) is 0 Å². The molecule has 3 atom stereocenters. The number of aliphatic hydroxyl groups is 1. The number of nitrogens with two attached hydrogens (primary N) is 1. The van der Waals surface area contributed by atoms with Gasteiger partial charge in [0.25, 0.3) is 0 Å². The van der Waals surface area contributed by atoms with Crippen LogP contribution in [-0.2, 0) is 6.42 Å². The highest BCUT2D eigenvalue weighted by Crippen LogP contribution is 2.10. The van der Waals surface area contributed by atoms with Gasteiger partial charge in [0.15, 0.2) is 0 Å². The summed E-state index contributed by atoms with van der Waals surface area (Å²) in [6.45, 7) is 5.97. The molecule has 112 valence electrons. The van der Waals surface area contributed by atoms with Crippen LogP contribution in [0.2, 0.25) is 0 Å². The first kappa shape index (κ1) is 15.4. The number of hydrogen-bond acceptors (Lipinski definition) is 4. The van der Waals surface area contributed by atoms with Gasteiger partial charge in [0.1, 0.15) is 0 Å². The normalized spacial score (nSPS) is 24.5. The van der Waals surface area contributed by atoms with Crippen LogP contribution in [-0.4, -0.2) is 66.3 Å². The Morgan fingerprint density at radius 3 is 2.65 bits per heavy atom. The van der Waals surface area contributed by atoms with Crippen molar-refractivity contribution in [2.75, 3.05) is 33.2 Å². The number of piperazine rings is 1. The third kappa shape index (κ3) is 4.28. The topological polar surface area (TPSA) is 52.7 Å². The second-order valence-electron chi connectivity index (χ2n) is 6.01. The minimum absolute atomic E-state index is 0.202. The van der Waals surface area contributed by atoms with Crippen molar-refractivity contribution >= 4 is 0 Å². The molecular formula is C16H27N3O. The third-order valence-electron chi connectivity index (χ3n) is 4.30. The van der Waals surface area contributed by atoms with E-state index in [2.05, 4.69) is 35.9 Å². The van der Waals surface area contributed by atoms with Crippen LogP contribution in [0, 0.1) is 0 Å². The maximum absolute atomic E-state index is 10.3. The first-order valence-corrected chi connectivity index (χ1v) is 7.46. The molecule has 0 spiro atoms. The van der Waals surface area contributed by atoms with Gasteiger partial charge in [-0.05, 0) is 26.0 Å². The van der Waals surface area contributed by atoms with Gasteiger partial charge in [-0.15, -0.1) is 0 Å². The summed E-state index contributed by atoms with van der Waals surface area (Å²) >= 11 is 0. The molecule has 4 nitrogen and oxygen atoms in total. The van der Waals surface area contributed by atoms with Crippen LogP contribution < -0.4 is 5.73 Å². The van der Waals surface area contributed by atoms with Crippen LogP contribution in [0.1, 0.15) is 12.5 Å². The fraction of sp³-hybridized carbons (Fsp3) is 0.625. The molecule has 1 aliphatic heterocycles. The van der Waals surface area contributed by atoms with Crippen molar-refractivity contribution in [2.45, 2.75) is 31.5 Å². The molecule has 2 rings (SSSR count). The highest BCUT2D eigenvalue weighted by Gasteiger charge is 2.24. The van der Waals surface area contributed by atoms with Gasteiger partial charge in [0.2, 0.25) is 0 Å². The van der Waals surface area contributed by atoms with E-state index in [1.807, 2.05) is 18.2 Å². The second kappa shape index (κ2) is 7.18. The molecule has 1 aromatic carbocycles. The molecule has 3 N–H and O–H groups in total. The Hall–Kier alpha value is -0.940. The van der Waals surface area contributed by atoms with E-state index in [1.54, 1.807) is 0 Å². The van der Waals surface area contributed by atoms with Crippen molar-refractivity contribution in [3.63, 3.8) is 0 Å². The molecular weight excluding hydrogens is 250 g/mol. The minimum atomic E-state index is -0.467. The molecule has 1 aliphatic rings. The number of hydrogen-bond donors (Lipinski definition) is 2. The minimum Gasteiger partial charge on any atom is -0.390 e. The predicted octanol–water partition coefficient (Wildman–Crippen LogP) is 0.553. The van der Waals surface area contributed by atoms with E-state index in [1.165, 1.54) is 5.56 Å². The van der Waals surface area contributed by atoms with Crippen LogP contribution in [0.25, 0.3) is 0 Å². The van der Waals surface area contributed by atoms with Gasteiger partial charge in [-0.3, -0.25) is 4.90 Å². The van der Waals surface area contributed by atoms with Gasteiger partial charge in [-0.2, -0.15) is 0 Å². The summed E-state index contributed by atoms with van der Waals surface area (Å²) in [5.41, 5.74) is 7.33. The lowest BCUT2D eigenvalue weighted by Gasteiger charge is -2.39. The Morgan fingerprint density at radius 2 is 2.00 bits per heavy atom. The Bertz CT molecular complexity index is 398. The molecule has 0 amide bonds. The zero-order valence-corrected chi connectivity index (χ0v) is 12.6. The second-order valence-corrected chi connectivity index (χ2v) is 6.01. The smallest absolute Gasteiger partial charge is 0.0820 e. The SMILES string of the molecule is CC1CN(CC(O)C(N)Cc2ccccc2)CCN1C. The molecule has 4 heteroatoms. The molecule has 0 aliphatic carbocycles. The molecule has 0 aromatic heterocycles. The van der Waals surface area contributed by atoms with E-state index in [-0.39, 0.29) is 6.04 Å². The first-order valence-electron chi connectivity index (χ1n) is 7.46. The van der Waals surface area contributed by atoms with Crippen LogP contribution in [0.15, 0.2) is 30.3 Å². The van der Waals surface area contributed by atoms with E-state index in [9.17, 15) is 5.11 Å². The van der Waals surface area contributed by atoms with Crippen molar-refractivity contribution < 1.29 is 5.11 Å². The van der Waals surface area contributed by atoms with Crippen molar-refractivity contribution in [1.29, 1.82) is 0 Å². The lowest BCUT2D eigenvalue weighted by Crippen LogP contribution is -2.54. The number of nitrogens with zero attached hydrogens (tertiary/aromatic N) is 2. The van der Waals surface area contributed by atoms with E-state index in [4.69, 9.17) is 5.73 Å². The van der Waals surface area contributed by atoms with Gasteiger partial charge >= 0.3 is 0 Å². The van der Waals surface area contributed by atoms with E-state index in [0.29, 0.717) is 12.6 Å². The average molecular weight is 277 g/mol. The van der Waals surface area contributed by atoms with Crippen LogP contribution >= 0.6 is 0 Å². The summed E-state index contributed by atoms with van der Waals surface area (Å²) in [5, 5.41) is 10.3. The van der Waals surface area contributed by atoms with Gasteiger partial charge < -0.3 is 15.7 Å². The third-order valence-corrected chi connectivity index (χ3v) is 4.30. The number of rotatable bonds is 5. The van der Waals surface area contributed by atoms with Crippen molar-refractivity contribution in [3.05, 3.63) is 35.9 Å². The van der Waals surface area contributed by atoms with Gasteiger partial charge in [-0.25, -0.2) is 0 Å². The number of aliphatic hydroxyl groups excluding tert-OH is 1. The van der Waals surface area contributed by atoms with Gasteiger partial charge in [0.05, 0.1) is 6.10 Å². The summed E-state index contributed by atoms with van der Waals surface area (Å²) < 4.78 is 0. The summed E-state index contributed by atoms with van der Waals surface area (Å²) in [7, 11) is 2.15. The molecule has 0 saturated carbocycles. The molecule has 1 aromatic rings. The lowest BCUT2D eigenvalue weighted by atomic mass is 10.0. The van der Waals surface area contributed by atoms with E-state index >= 15 is 0 Å². The summed E-state index contributed by atoms with van der Waals surface area (Å²) in [6, 6.07) is 10.5. The molecule has 0 radical (unpaired) electrons. The summed E-state index contributed by atoms with van der Waals surface area (Å²) in [6.07, 6.45) is 0.261. The fourth-order valence-electron chi connectivity index (χ4n) is 2.71. The highest BCUT2D eigenvalue weighted by molar-refractivity contribution is 5.16. The first-order chi connectivity index (χ1) is 9.56. The zero-order valence-electron chi connectivity index (χ0n) is 12.6. The monoisotopic (exact) mass is 277 g/mol. The Balaban J connectivity index is 1.80. The van der Waals surface area contributed by atoms with Gasteiger partial charge in [-0.1, -0.05) is 30.3 Å². The number of β-amino-alcohol motifs (C(OH)–C–C–N with tert-alkyl or cyclic N) is 1. The van der Waals surface area contributed by atoms with Crippen LogP contribution in [0.5, 0.6) is 0 Å². The average Bonchev–Trinajstić information content (AvgIpc) is 2.44. The largest absolute Gasteiger partial charge is 0.390 e. The van der Waals surface area contributed by atoms with Crippen molar-refractivity contribution in [2.24, 2.45) is 5.73 Å². The molecule has 1 saturated heterocycles. The maximum Gasteiger partial charge on any atom is 0.0820 e. The molecule has 0 bridgehead atoms. The van der Waals surface area contributed by atoms with E-state index in [0.717, 1.165) is 26.1 Å². The quantitative estimate of drug-likeness (QED) is 0.825. The standard InChI is InChI=1S/C16H27N3O/c1-13-11-19(9-8-18(13)2)12-16(20)15(17)10-14-6-4-3-5-7-14/h3-7,13,15-16,20H,8-12,17H2,1-2H3. The number of likely N-dealkylation sites (N-methyl/N-ethyl adjacent to an activating group) is 1. The van der Waals surface area contributed by atoms with Crippen molar-refractivity contribution in [1.82, 2.24) is 9.80 Å². The Kier molecular flexibility index (Phi) is 5.54. The predicted molar refractivity (Wildman–Crippen MR) is 82.7 cm³/mol.